The van der Waals surface area contributed by atoms with Crippen LogP contribution in [0, 0.1) is 13.8 Å². The molecule has 1 unspecified atom stereocenters. The number of aryl methyl sites for hydroxylation is 2. The Labute approximate surface area is 136 Å². The van der Waals surface area contributed by atoms with E-state index >= 15 is 0 Å². The highest BCUT2D eigenvalue weighted by Crippen LogP contribution is 2.22. The van der Waals surface area contributed by atoms with E-state index < -0.39 is 11.7 Å². The van der Waals surface area contributed by atoms with Crippen molar-refractivity contribution in [2.45, 2.75) is 26.8 Å². The third kappa shape index (κ3) is 4.42. The molecule has 0 radical (unpaired) electrons. The zero-order chi connectivity index (χ0) is 16.8. The van der Waals surface area contributed by atoms with E-state index in [1.165, 1.54) is 0 Å². The Balaban J connectivity index is 1.91. The Bertz CT molecular complexity index is 675. The zero-order valence-corrected chi connectivity index (χ0v) is 13.6. The molecule has 2 aromatic carbocycles. The summed E-state index contributed by atoms with van der Waals surface area (Å²) in [5.74, 6) is -0.332. The summed E-state index contributed by atoms with van der Waals surface area (Å²) in [5, 5.41) is 2.67. The van der Waals surface area contributed by atoms with Crippen LogP contribution in [0.3, 0.4) is 0 Å². The summed E-state index contributed by atoms with van der Waals surface area (Å²) in [6, 6.07) is 14.2. The molecular weight excluding hydrogens is 290 g/mol. The monoisotopic (exact) mass is 311 g/mol. The van der Waals surface area contributed by atoms with Gasteiger partial charge in [0, 0.05) is 5.56 Å². The van der Waals surface area contributed by atoms with Crippen molar-refractivity contribution in [3.8, 4) is 5.75 Å². The Hall–Kier alpha value is -2.62. The van der Waals surface area contributed by atoms with E-state index in [0.29, 0.717) is 12.2 Å². The van der Waals surface area contributed by atoms with Gasteiger partial charge < -0.3 is 10.1 Å². The molecule has 0 fully saturated rings. The van der Waals surface area contributed by atoms with Crippen molar-refractivity contribution in [3.05, 3.63) is 65.2 Å². The maximum atomic E-state index is 12.0. The number of rotatable bonds is 6. The molecule has 0 aliphatic heterocycles. The smallest absolute Gasteiger partial charge is 0.292 e. The summed E-state index contributed by atoms with van der Waals surface area (Å²) in [4.78, 5) is 24.0. The zero-order valence-electron chi connectivity index (χ0n) is 13.6. The summed E-state index contributed by atoms with van der Waals surface area (Å²) in [7, 11) is 0. The van der Waals surface area contributed by atoms with Crippen LogP contribution in [0.25, 0.3) is 0 Å². The number of hydrogen-bond acceptors (Lipinski definition) is 3. The van der Waals surface area contributed by atoms with Crippen molar-refractivity contribution in [2.75, 3.05) is 6.61 Å². The molecule has 0 aromatic heterocycles. The minimum atomic E-state index is -0.617. The average molecular weight is 311 g/mol. The van der Waals surface area contributed by atoms with Gasteiger partial charge in [-0.25, -0.2) is 0 Å². The lowest BCUT2D eigenvalue weighted by atomic mass is 10.1. The van der Waals surface area contributed by atoms with Crippen LogP contribution in [0.4, 0.5) is 0 Å². The van der Waals surface area contributed by atoms with E-state index in [0.717, 1.165) is 16.9 Å². The SMILES string of the molecule is Cc1cccc(C)c1OCC(C)NC(=O)C(=O)c1ccccc1. The van der Waals surface area contributed by atoms with E-state index in [9.17, 15) is 9.59 Å². The lowest BCUT2D eigenvalue weighted by molar-refractivity contribution is -0.117. The first kappa shape index (κ1) is 16.7. The minimum Gasteiger partial charge on any atom is -0.491 e. The number of nitrogens with one attached hydrogen (secondary N) is 1. The summed E-state index contributed by atoms with van der Waals surface area (Å²) in [5.41, 5.74) is 2.47. The van der Waals surface area contributed by atoms with Gasteiger partial charge in [-0.3, -0.25) is 9.59 Å². The second kappa shape index (κ2) is 7.58. The van der Waals surface area contributed by atoms with Gasteiger partial charge in [0.1, 0.15) is 12.4 Å². The predicted octanol–water partition coefficient (Wildman–Crippen LogP) is 3.07. The lowest BCUT2D eigenvalue weighted by Crippen LogP contribution is -2.40. The molecule has 0 heterocycles. The van der Waals surface area contributed by atoms with Crippen molar-refractivity contribution in [1.82, 2.24) is 5.32 Å². The minimum absolute atomic E-state index is 0.269. The van der Waals surface area contributed by atoms with Crippen LogP contribution in [0.2, 0.25) is 0 Å². The van der Waals surface area contributed by atoms with Crippen molar-refractivity contribution in [3.63, 3.8) is 0 Å². The van der Waals surface area contributed by atoms with Gasteiger partial charge in [0.05, 0.1) is 6.04 Å². The number of para-hydroxylation sites is 1. The number of benzene rings is 2. The largest absolute Gasteiger partial charge is 0.491 e. The van der Waals surface area contributed by atoms with Crippen molar-refractivity contribution in [1.29, 1.82) is 0 Å². The summed E-state index contributed by atoms with van der Waals surface area (Å²) >= 11 is 0. The highest BCUT2D eigenvalue weighted by atomic mass is 16.5. The van der Waals surface area contributed by atoms with Crippen LogP contribution in [-0.4, -0.2) is 24.3 Å². The molecule has 0 bridgehead atoms. The number of hydrogen-bond donors (Lipinski definition) is 1. The van der Waals surface area contributed by atoms with Crippen molar-refractivity contribution in [2.24, 2.45) is 0 Å². The number of ether oxygens (including phenoxy) is 1. The van der Waals surface area contributed by atoms with Crippen LogP contribution < -0.4 is 10.1 Å². The number of Topliss-reactive ketones (excluding diaryl/α,β-unsaturated/α-hetero) is 1. The van der Waals surface area contributed by atoms with Crippen LogP contribution in [0.1, 0.15) is 28.4 Å². The van der Waals surface area contributed by atoms with Gasteiger partial charge in [-0.1, -0.05) is 48.5 Å². The number of carbonyl (C=O) groups is 2. The summed E-state index contributed by atoms with van der Waals surface area (Å²) in [6.07, 6.45) is 0. The first-order valence-corrected chi connectivity index (χ1v) is 7.58. The van der Waals surface area contributed by atoms with E-state index in [4.69, 9.17) is 4.74 Å². The molecule has 1 N–H and O–H groups in total. The average Bonchev–Trinajstić information content (AvgIpc) is 2.54. The van der Waals surface area contributed by atoms with Gasteiger partial charge in [-0.05, 0) is 31.9 Å². The highest BCUT2D eigenvalue weighted by Gasteiger charge is 2.18. The highest BCUT2D eigenvalue weighted by molar-refractivity contribution is 6.42. The third-order valence-electron chi connectivity index (χ3n) is 3.51. The number of ketones is 1. The molecule has 0 saturated heterocycles. The molecule has 0 aliphatic carbocycles. The van der Waals surface area contributed by atoms with Gasteiger partial charge in [-0.15, -0.1) is 0 Å². The summed E-state index contributed by atoms with van der Waals surface area (Å²) < 4.78 is 5.79. The maximum absolute atomic E-state index is 12.0. The molecule has 0 aliphatic rings. The van der Waals surface area contributed by atoms with Crippen LogP contribution in [0.15, 0.2) is 48.5 Å². The molecule has 1 atom stereocenters. The molecule has 4 heteroatoms. The second-order valence-electron chi connectivity index (χ2n) is 5.60. The Morgan fingerprint density at radius 1 is 1.00 bits per heavy atom. The van der Waals surface area contributed by atoms with Crippen LogP contribution in [0.5, 0.6) is 5.75 Å². The molecule has 0 spiro atoms. The van der Waals surface area contributed by atoms with Crippen molar-refractivity contribution >= 4 is 11.7 Å². The first-order valence-electron chi connectivity index (χ1n) is 7.58. The van der Waals surface area contributed by atoms with Gasteiger partial charge in [0.2, 0.25) is 5.78 Å². The van der Waals surface area contributed by atoms with Gasteiger partial charge in [0.15, 0.2) is 0 Å². The van der Waals surface area contributed by atoms with E-state index in [1.54, 1.807) is 30.3 Å². The Kier molecular flexibility index (Phi) is 5.52. The molecule has 2 aromatic rings. The van der Waals surface area contributed by atoms with Crippen LogP contribution >= 0.6 is 0 Å². The lowest BCUT2D eigenvalue weighted by Gasteiger charge is -2.17. The second-order valence-corrected chi connectivity index (χ2v) is 5.60. The Morgan fingerprint density at radius 3 is 2.22 bits per heavy atom. The fraction of sp³-hybridized carbons (Fsp3) is 0.263. The number of carbonyl (C=O) groups excluding carboxylic acids is 2. The van der Waals surface area contributed by atoms with E-state index in [-0.39, 0.29) is 6.04 Å². The maximum Gasteiger partial charge on any atom is 0.292 e. The van der Waals surface area contributed by atoms with Gasteiger partial charge in [0.25, 0.3) is 5.91 Å². The molecule has 1 amide bonds. The van der Waals surface area contributed by atoms with Gasteiger partial charge >= 0.3 is 0 Å². The molecule has 0 saturated carbocycles. The Morgan fingerprint density at radius 2 is 1.61 bits per heavy atom. The van der Waals surface area contributed by atoms with E-state index in [2.05, 4.69) is 5.32 Å². The van der Waals surface area contributed by atoms with Gasteiger partial charge in [-0.2, -0.15) is 0 Å². The molecule has 2 rings (SSSR count). The molecule has 23 heavy (non-hydrogen) atoms. The quantitative estimate of drug-likeness (QED) is 0.659. The molecule has 4 nitrogen and oxygen atoms in total. The topological polar surface area (TPSA) is 55.4 Å². The molecular formula is C19H21NO3. The molecule has 120 valence electrons. The van der Waals surface area contributed by atoms with Crippen LogP contribution in [-0.2, 0) is 4.79 Å². The third-order valence-corrected chi connectivity index (χ3v) is 3.51. The first-order chi connectivity index (χ1) is 11.0. The predicted molar refractivity (Wildman–Crippen MR) is 89.8 cm³/mol. The number of amides is 1. The van der Waals surface area contributed by atoms with E-state index in [1.807, 2.05) is 39.0 Å². The normalized spacial score (nSPS) is 11.6. The fourth-order valence-electron chi connectivity index (χ4n) is 2.29. The standard InChI is InChI=1S/C19H21NO3/c1-13-8-7-9-14(2)18(13)23-12-15(3)20-19(22)17(21)16-10-5-4-6-11-16/h4-11,15H,12H2,1-3H3,(H,20,22). The summed E-state index contributed by atoms with van der Waals surface area (Å²) in [6.45, 7) is 6.07. The van der Waals surface area contributed by atoms with Crippen molar-refractivity contribution < 1.29 is 14.3 Å². The fourth-order valence-corrected chi connectivity index (χ4v) is 2.29.